The van der Waals surface area contributed by atoms with E-state index < -0.39 is 11.1 Å². The van der Waals surface area contributed by atoms with E-state index in [4.69, 9.17) is 25.2 Å². The van der Waals surface area contributed by atoms with E-state index in [1.807, 2.05) is 0 Å². The van der Waals surface area contributed by atoms with Gasteiger partial charge in [0, 0.05) is 5.97 Å². The Morgan fingerprint density at radius 3 is 1.40 bits per heavy atom. The molecule has 0 aliphatic rings. The van der Waals surface area contributed by atoms with Crippen LogP contribution in [0.1, 0.15) is 6.92 Å². The predicted molar refractivity (Wildman–Crippen MR) is 21.0 cm³/mol. The zero-order valence-electron chi connectivity index (χ0n) is 4.90. The Bertz CT molecular complexity index is 77.6. The van der Waals surface area contributed by atoms with E-state index in [2.05, 4.69) is 0 Å². The van der Waals surface area contributed by atoms with Crippen molar-refractivity contribution >= 4 is 5.97 Å². The third kappa shape index (κ3) is 5580. The zero-order chi connectivity index (χ0) is 7.15. The summed E-state index contributed by atoms with van der Waals surface area (Å²) < 4.78 is 0. The maximum absolute atomic E-state index is 8.89. The molecule has 0 heterocycles. The van der Waals surface area contributed by atoms with Gasteiger partial charge in [-0.2, -0.15) is 0 Å². The average Bonchev–Trinajstić information content (AvgIpc) is 1.25. The van der Waals surface area contributed by atoms with Crippen LogP contribution in [0.25, 0.3) is 0 Å². The molecule has 10 heavy (non-hydrogen) atoms. The molecule has 1 radical (unpaired) electrons. The second-order valence-electron chi connectivity index (χ2n) is 0.715. The maximum atomic E-state index is 8.89. The largest absolute Gasteiger partial charge is 3.00 e. The Kier molecular flexibility index (Phi) is 36.2. The summed E-state index contributed by atoms with van der Waals surface area (Å²) in [4.78, 5) is 17.1. The number of carboxylic acid groups (broad SMARTS) is 1. The van der Waals surface area contributed by atoms with Gasteiger partial charge in [0.2, 0.25) is 0 Å². The van der Waals surface area contributed by atoms with E-state index in [1.165, 1.54) is 0 Å². The van der Waals surface area contributed by atoms with Gasteiger partial charge in [-0.25, -0.2) is 0 Å². The van der Waals surface area contributed by atoms with Gasteiger partial charge in [0.05, 0.1) is 5.09 Å². The first-order chi connectivity index (χ1) is 3.46. The number of carbonyl (C=O) groups is 1. The normalized spacial score (nSPS) is 4.90. The minimum absolute atomic E-state index is 0. The SMILES string of the molecule is CC(=O)[O-].O=[N+]([O-])[O-].[Co+2].[Y+3]. The van der Waals surface area contributed by atoms with Crippen LogP contribution in [-0.4, -0.2) is 11.1 Å². The molecule has 0 bridgehead atoms. The van der Waals surface area contributed by atoms with Crippen LogP contribution in [-0.2, 0) is 54.3 Å². The first-order valence-electron chi connectivity index (χ1n) is 1.46. The van der Waals surface area contributed by atoms with Crippen LogP contribution in [0, 0.1) is 15.3 Å². The molecule has 0 aromatic rings. The molecule has 55 valence electrons. The number of hydrogen-bond donors (Lipinski definition) is 0. The monoisotopic (exact) mass is 269 g/mol. The minimum Gasteiger partial charge on any atom is -0.550 e. The molecule has 0 saturated carbocycles. The van der Waals surface area contributed by atoms with Crippen molar-refractivity contribution in [3.05, 3.63) is 15.3 Å². The molecule has 0 N–H and O–H groups in total. The molecule has 0 unspecified atom stereocenters. The number of carbonyl (C=O) groups excluding carboxylic acids is 1. The summed E-state index contributed by atoms with van der Waals surface area (Å²) >= 11 is 0. The molecule has 0 atom stereocenters. The number of rotatable bonds is 0. The molecule has 0 aliphatic heterocycles. The van der Waals surface area contributed by atoms with E-state index in [-0.39, 0.29) is 49.5 Å². The number of nitrogens with zero attached hydrogens (tertiary/aromatic N) is 1. The summed E-state index contributed by atoms with van der Waals surface area (Å²) in [6.07, 6.45) is 0. The maximum Gasteiger partial charge on any atom is 3.00 e. The third-order valence-electron chi connectivity index (χ3n) is 0. The van der Waals surface area contributed by atoms with Crippen LogP contribution in [0.4, 0.5) is 0 Å². The van der Waals surface area contributed by atoms with Gasteiger partial charge in [0.1, 0.15) is 0 Å². The fourth-order valence-corrected chi connectivity index (χ4v) is 0. The van der Waals surface area contributed by atoms with Gasteiger partial charge in [-0.1, -0.05) is 0 Å². The molecule has 0 aromatic carbocycles. The van der Waals surface area contributed by atoms with Crippen LogP contribution in [0.15, 0.2) is 0 Å². The Hall–Kier alpha value is 0.280. The number of aliphatic carboxylic acids is 1. The number of carboxylic acids is 1. The fraction of sp³-hybridized carbons (Fsp3) is 0.500. The summed E-state index contributed by atoms with van der Waals surface area (Å²) in [5.74, 6) is -1.08. The van der Waals surface area contributed by atoms with Crippen molar-refractivity contribution in [2.45, 2.75) is 6.92 Å². The molecule has 6 nitrogen and oxygen atoms in total. The van der Waals surface area contributed by atoms with Crippen molar-refractivity contribution < 1.29 is 64.5 Å². The second-order valence-corrected chi connectivity index (χ2v) is 0.715. The Labute approximate surface area is 92.2 Å². The summed E-state index contributed by atoms with van der Waals surface area (Å²) in [6.45, 7) is 0.972. The molecule has 0 aliphatic carbocycles. The van der Waals surface area contributed by atoms with E-state index in [0.717, 1.165) is 6.92 Å². The Morgan fingerprint density at radius 1 is 1.40 bits per heavy atom. The molecular formula is C2H3CoNO5Y+3. The Morgan fingerprint density at radius 2 is 1.40 bits per heavy atom. The first-order valence-corrected chi connectivity index (χ1v) is 1.46. The quantitative estimate of drug-likeness (QED) is 0.393. The van der Waals surface area contributed by atoms with Crippen molar-refractivity contribution in [1.82, 2.24) is 0 Å². The number of hydrogen-bond acceptors (Lipinski definition) is 5. The molecule has 0 fully saturated rings. The van der Waals surface area contributed by atoms with Crippen molar-refractivity contribution in [3.63, 3.8) is 0 Å². The van der Waals surface area contributed by atoms with Gasteiger partial charge in [-0.15, -0.1) is 0 Å². The summed E-state index contributed by atoms with van der Waals surface area (Å²) in [7, 11) is 0. The van der Waals surface area contributed by atoms with Gasteiger partial charge in [0.15, 0.2) is 0 Å². The van der Waals surface area contributed by atoms with E-state index in [0.29, 0.717) is 0 Å². The molecule has 8 heteroatoms. The van der Waals surface area contributed by atoms with Gasteiger partial charge >= 0.3 is 49.5 Å². The molecule has 0 spiro atoms. The third-order valence-corrected chi connectivity index (χ3v) is 0. The molecule has 0 saturated heterocycles. The predicted octanol–water partition coefficient (Wildman–Crippen LogP) is -1.49. The van der Waals surface area contributed by atoms with E-state index in [1.54, 1.807) is 0 Å². The molecule has 0 amide bonds. The van der Waals surface area contributed by atoms with Gasteiger partial charge in [0.25, 0.3) is 0 Å². The summed E-state index contributed by atoms with van der Waals surface area (Å²) in [5, 5.41) is 23.6. The molecule has 0 rings (SSSR count). The van der Waals surface area contributed by atoms with Crippen LogP contribution in [0.3, 0.4) is 0 Å². The molecule has 0 aromatic heterocycles. The topological polar surface area (TPSA) is 106 Å². The van der Waals surface area contributed by atoms with E-state index >= 15 is 0 Å². The van der Waals surface area contributed by atoms with E-state index in [9.17, 15) is 0 Å². The van der Waals surface area contributed by atoms with Crippen molar-refractivity contribution in [2.75, 3.05) is 0 Å². The van der Waals surface area contributed by atoms with Crippen LogP contribution < -0.4 is 5.11 Å². The van der Waals surface area contributed by atoms with Crippen LogP contribution in [0.5, 0.6) is 0 Å². The summed E-state index contributed by atoms with van der Waals surface area (Å²) in [5.41, 5.74) is 0. The van der Waals surface area contributed by atoms with Gasteiger partial charge < -0.3 is 25.2 Å². The van der Waals surface area contributed by atoms with Crippen molar-refractivity contribution in [1.29, 1.82) is 0 Å². The van der Waals surface area contributed by atoms with Crippen LogP contribution in [0.2, 0.25) is 0 Å². The smallest absolute Gasteiger partial charge is 0.550 e. The van der Waals surface area contributed by atoms with Crippen molar-refractivity contribution in [2.24, 2.45) is 0 Å². The fourth-order valence-electron chi connectivity index (χ4n) is 0. The average molecular weight is 269 g/mol. The van der Waals surface area contributed by atoms with Crippen LogP contribution >= 0.6 is 0 Å². The second kappa shape index (κ2) is 16.1. The van der Waals surface area contributed by atoms with Gasteiger partial charge in [-0.3, -0.25) is 0 Å². The zero-order valence-corrected chi connectivity index (χ0v) is 8.78. The van der Waals surface area contributed by atoms with Crippen molar-refractivity contribution in [3.8, 4) is 0 Å². The minimum atomic E-state index is -1.75. The standard InChI is InChI=1S/C2H4O2.Co.NO3.Y/c1-2(3)4;;2-1(3)4;/h1H3,(H,3,4);;;/q;+2;-1;+3/p-1. The molecular weight excluding hydrogens is 266 g/mol. The first kappa shape index (κ1) is 22.4. The van der Waals surface area contributed by atoms with Gasteiger partial charge in [-0.05, 0) is 6.92 Å². The summed E-state index contributed by atoms with van der Waals surface area (Å²) in [6, 6.07) is 0. The Balaban J connectivity index is -0.0000000300.